The zero-order valence-corrected chi connectivity index (χ0v) is 30.9. The van der Waals surface area contributed by atoms with Crippen molar-refractivity contribution in [2.75, 3.05) is 5.88 Å². The van der Waals surface area contributed by atoms with Crippen LogP contribution in [0.1, 0.15) is 79.5 Å². The monoisotopic (exact) mass is 695 g/mol. The SMILES string of the molecule is CC(=O)N[C@H](C(=O)N[C@H](C(=O)N[C@@H](Cc1ccccc1)[C@H](O)C(=O)N1CSC(C)(C)[C@H]1C(=O)NC(C)C(C)C)C(C)(C)C)c1ccccc1. The van der Waals surface area contributed by atoms with Crippen LogP contribution in [-0.2, 0) is 30.4 Å². The minimum atomic E-state index is -1.70. The van der Waals surface area contributed by atoms with Crippen LogP contribution in [-0.4, -0.2) is 80.4 Å². The largest absolute Gasteiger partial charge is 0.381 e. The molecule has 2 aromatic carbocycles. The Morgan fingerprint density at radius 3 is 1.98 bits per heavy atom. The molecule has 268 valence electrons. The molecule has 1 fully saturated rings. The van der Waals surface area contributed by atoms with Crippen molar-refractivity contribution in [3.63, 3.8) is 0 Å². The molecule has 49 heavy (non-hydrogen) atoms. The van der Waals surface area contributed by atoms with Crippen LogP contribution < -0.4 is 21.3 Å². The van der Waals surface area contributed by atoms with E-state index in [0.717, 1.165) is 5.56 Å². The maximum atomic E-state index is 14.1. The first-order valence-corrected chi connectivity index (χ1v) is 17.7. The lowest BCUT2D eigenvalue weighted by atomic mass is 9.85. The van der Waals surface area contributed by atoms with E-state index >= 15 is 0 Å². The summed E-state index contributed by atoms with van der Waals surface area (Å²) in [5, 5.41) is 23.1. The van der Waals surface area contributed by atoms with E-state index in [0.29, 0.717) is 5.56 Å². The van der Waals surface area contributed by atoms with E-state index in [1.807, 2.05) is 65.0 Å². The van der Waals surface area contributed by atoms with Gasteiger partial charge in [-0.1, -0.05) is 95.3 Å². The van der Waals surface area contributed by atoms with Gasteiger partial charge in [0.15, 0.2) is 6.10 Å². The topological polar surface area (TPSA) is 157 Å². The molecule has 0 aromatic heterocycles. The molecule has 0 bridgehead atoms. The molecule has 0 saturated carbocycles. The third kappa shape index (κ3) is 10.5. The molecule has 0 radical (unpaired) electrons. The maximum Gasteiger partial charge on any atom is 0.254 e. The standard InChI is InChI=1S/C37H53N5O6S/c1-22(2)23(3)38-34(47)31-37(8,9)49-21-42(31)35(48)29(44)27(20-25-16-12-10-13-17-25)40-33(46)30(36(5,6)7)41-32(45)28(39-24(4)43)26-18-14-11-15-19-26/h10-19,22-23,27-31,44H,20-21H2,1-9H3,(H,38,47)(H,39,43)(H,40,46)(H,41,45)/t23?,27-,28-,29-,30+,31+/m0/s1. The molecule has 1 unspecified atom stereocenters. The molecule has 1 aliphatic rings. The van der Waals surface area contributed by atoms with Gasteiger partial charge in [0.1, 0.15) is 18.1 Å². The fourth-order valence-electron chi connectivity index (χ4n) is 5.65. The first kappa shape index (κ1) is 39.5. The van der Waals surface area contributed by atoms with Crippen LogP contribution in [0.5, 0.6) is 0 Å². The predicted octanol–water partition coefficient (Wildman–Crippen LogP) is 3.32. The summed E-state index contributed by atoms with van der Waals surface area (Å²) in [6, 6.07) is 13.6. The van der Waals surface area contributed by atoms with Crippen molar-refractivity contribution >= 4 is 41.3 Å². The van der Waals surface area contributed by atoms with Gasteiger partial charge in [0.2, 0.25) is 23.6 Å². The van der Waals surface area contributed by atoms with E-state index in [1.165, 1.54) is 23.6 Å². The highest BCUT2D eigenvalue weighted by Gasteiger charge is 2.50. The molecule has 5 N–H and O–H groups in total. The number of aliphatic hydroxyl groups is 1. The number of aliphatic hydroxyl groups excluding tert-OH is 1. The number of rotatable bonds is 13. The number of nitrogens with zero attached hydrogens (tertiary/aromatic N) is 1. The molecule has 1 aliphatic heterocycles. The number of amides is 5. The minimum absolute atomic E-state index is 0.106. The number of nitrogens with one attached hydrogen (secondary N) is 4. The Labute approximate surface area is 294 Å². The molecular weight excluding hydrogens is 643 g/mol. The lowest BCUT2D eigenvalue weighted by Crippen LogP contribution is -2.62. The quantitative estimate of drug-likeness (QED) is 0.215. The second-order valence-corrected chi connectivity index (χ2v) is 16.3. The van der Waals surface area contributed by atoms with Crippen molar-refractivity contribution < 1.29 is 29.1 Å². The van der Waals surface area contributed by atoms with Crippen molar-refractivity contribution in [3.8, 4) is 0 Å². The minimum Gasteiger partial charge on any atom is -0.381 e. The van der Waals surface area contributed by atoms with Gasteiger partial charge in [-0.25, -0.2) is 0 Å². The summed E-state index contributed by atoms with van der Waals surface area (Å²) in [5.41, 5.74) is 0.496. The number of carbonyl (C=O) groups excluding carboxylic acids is 5. The lowest BCUT2D eigenvalue weighted by molar-refractivity contribution is -0.148. The van der Waals surface area contributed by atoms with E-state index in [9.17, 15) is 29.1 Å². The molecule has 0 spiro atoms. The van der Waals surface area contributed by atoms with Crippen LogP contribution in [0, 0.1) is 11.3 Å². The van der Waals surface area contributed by atoms with E-state index in [4.69, 9.17) is 0 Å². The fraction of sp³-hybridized carbons (Fsp3) is 0.541. The van der Waals surface area contributed by atoms with E-state index < -0.39 is 64.1 Å². The van der Waals surface area contributed by atoms with Crippen molar-refractivity contribution in [1.82, 2.24) is 26.2 Å². The zero-order chi connectivity index (χ0) is 36.7. The summed E-state index contributed by atoms with van der Waals surface area (Å²) < 4.78 is -0.626. The molecule has 5 amide bonds. The van der Waals surface area contributed by atoms with Crippen LogP contribution in [0.15, 0.2) is 60.7 Å². The first-order chi connectivity index (χ1) is 22.8. The normalized spacial score (nSPS) is 18.8. The molecule has 3 rings (SSSR count). The van der Waals surface area contributed by atoms with Gasteiger partial charge in [0, 0.05) is 17.7 Å². The van der Waals surface area contributed by atoms with Gasteiger partial charge in [0.05, 0.1) is 11.9 Å². The Morgan fingerprint density at radius 2 is 1.45 bits per heavy atom. The highest BCUT2D eigenvalue weighted by atomic mass is 32.2. The molecule has 2 aromatic rings. The molecule has 6 atom stereocenters. The maximum absolute atomic E-state index is 14.1. The summed E-state index contributed by atoms with van der Waals surface area (Å²) in [7, 11) is 0. The number of thioether (sulfide) groups is 1. The number of benzene rings is 2. The Kier molecular flexibility index (Phi) is 13.5. The van der Waals surface area contributed by atoms with Crippen LogP contribution in [0.2, 0.25) is 0 Å². The second-order valence-electron chi connectivity index (χ2n) is 14.7. The van der Waals surface area contributed by atoms with Gasteiger partial charge in [-0.05, 0) is 49.7 Å². The third-order valence-corrected chi connectivity index (χ3v) is 10.2. The number of hydrogen-bond acceptors (Lipinski definition) is 7. The number of carbonyl (C=O) groups is 5. The third-order valence-electron chi connectivity index (χ3n) is 8.86. The second kappa shape index (κ2) is 16.7. The first-order valence-electron chi connectivity index (χ1n) is 16.7. The van der Waals surface area contributed by atoms with Gasteiger partial charge in [-0.3, -0.25) is 24.0 Å². The van der Waals surface area contributed by atoms with Crippen molar-refractivity contribution in [3.05, 3.63) is 71.8 Å². The van der Waals surface area contributed by atoms with Gasteiger partial charge in [0.25, 0.3) is 5.91 Å². The van der Waals surface area contributed by atoms with Crippen molar-refractivity contribution in [2.45, 2.75) is 110 Å². The summed E-state index contributed by atoms with van der Waals surface area (Å²) in [4.78, 5) is 68.8. The molecule has 11 nitrogen and oxygen atoms in total. The highest BCUT2D eigenvalue weighted by molar-refractivity contribution is 8.00. The van der Waals surface area contributed by atoms with Crippen molar-refractivity contribution in [1.29, 1.82) is 0 Å². The fourth-order valence-corrected chi connectivity index (χ4v) is 6.79. The molecule has 12 heteroatoms. The van der Waals surface area contributed by atoms with Crippen molar-refractivity contribution in [2.24, 2.45) is 11.3 Å². The Hall–Kier alpha value is -3.90. The Balaban J connectivity index is 1.92. The highest BCUT2D eigenvalue weighted by Crippen LogP contribution is 2.40. The Bertz CT molecular complexity index is 1460. The predicted molar refractivity (Wildman–Crippen MR) is 192 cm³/mol. The molecule has 1 saturated heterocycles. The van der Waals surface area contributed by atoms with Crippen LogP contribution in [0.4, 0.5) is 0 Å². The summed E-state index contributed by atoms with van der Waals surface area (Å²) in [6.45, 7) is 16.4. The van der Waals surface area contributed by atoms with Gasteiger partial charge >= 0.3 is 0 Å². The van der Waals surface area contributed by atoms with Gasteiger partial charge in [-0.2, -0.15) is 0 Å². The molecule has 1 heterocycles. The molecule has 0 aliphatic carbocycles. The average molecular weight is 696 g/mol. The van der Waals surface area contributed by atoms with E-state index in [-0.39, 0.29) is 30.2 Å². The smallest absolute Gasteiger partial charge is 0.254 e. The van der Waals surface area contributed by atoms with Crippen LogP contribution >= 0.6 is 11.8 Å². The van der Waals surface area contributed by atoms with Crippen LogP contribution in [0.3, 0.4) is 0 Å². The zero-order valence-electron chi connectivity index (χ0n) is 30.1. The van der Waals surface area contributed by atoms with E-state index in [2.05, 4.69) is 21.3 Å². The van der Waals surface area contributed by atoms with Gasteiger partial charge in [-0.15, -0.1) is 11.8 Å². The summed E-state index contributed by atoms with van der Waals surface area (Å²) >= 11 is 1.44. The Morgan fingerprint density at radius 1 is 0.878 bits per heavy atom. The molecular formula is C37H53N5O6S. The van der Waals surface area contributed by atoms with Crippen LogP contribution in [0.25, 0.3) is 0 Å². The van der Waals surface area contributed by atoms with E-state index in [1.54, 1.807) is 51.1 Å². The van der Waals surface area contributed by atoms with Gasteiger partial charge < -0.3 is 31.3 Å². The number of hydrogen-bond donors (Lipinski definition) is 5. The summed E-state index contributed by atoms with van der Waals surface area (Å²) in [5.74, 6) is -2.23. The average Bonchev–Trinajstić information content (AvgIpc) is 3.36. The summed E-state index contributed by atoms with van der Waals surface area (Å²) in [6.07, 6.45) is -1.60. The lowest BCUT2D eigenvalue weighted by Gasteiger charge is -2.36.